The highest BCUT2D eigenvalue weighted by Gasteiger charge is 2.22. The lowest BCUT2D eigenvalue weighted by molar-refractivity contribution is -0.153. The highest BCUT2D eigenvalue weighted by Crippen LogP contribution is 2.34. The van der Waals surface area contributed by atoms with Crippen LogP contribution in [0.15, 0.2) is 24.3 Å². The summed E-state index contributed by atoms with van der Waals surface area (Å²) in [5, 5.41) is 2.68. The largest absolute Gasteiger partial charge is 0.462 e. The van der Waals surface area contributed by atoms with Crippen molar-refractivity contribution in [3.63, 3.8) is 0 Å². The third-order valence-corrected chi connectivity index (χ3v) is 4.67. The molecule has 1 aromatic carbocycles. The molecule has 9 heteroatoms. The van der Waals surface area contributed by atoms with Crippen molar-refractivity contribution in [3.8, 4) is 11.5 Å². The molecule has 1 aliphatic heterocycles. The molecule has 0 saturated heterocycles. The molecule has 160 valence electrons. The fourth-order valence-electron chi connectivity index (χ4n) is 3.10. The van der Waals surface area contributed by atoms with E-state index in [1.54, 1.807) is 49.6 Å². The lowest BCUT2D eigenvalue weighted by Crippen LogP contribution is -2.31. The van der Waals surface area contributed by atoms with Crippen LogP contribution in [-0.4, -0.2) is 41.9 Å². The number of benzene rings is 1. The number of rotatable bonds is 7. The summed E-state index contributed by atoms with van der Waals surface area (Å²) in [5.41, 5.74) is 2.21. The van der Waals surface area contributed by atoms with Crippen LogP contribution < -0.4 is 14.8 Å². The molecule has 2 aromatic rings. The van der Waals surface area contributed by atoms with Gasteiger partial charge < -0.3 is 28.8 Å². The van der Waals surface area contributed by atoms with Crippen molar-refractivity contribution in [2.45, 2.75) is 40.3 Å². The van der Waals surface area contributed by atoms with Crippen molar-refractivity contribution >= 4 is 23.5 Å². The van der Waals surface area contributed by atoms with E-state index in [-0.39, 0.29) is 19.9 Å². The minimum atomic E-state index is -1.01. The summed E-state index contributed by atoms with van der Waals surface area (Å²) in [6.07, 6.45) is -1.01. The van der Waals surface area contributed by atoms with Gasteiger partial charge in [0.25, 0.3) is 5.91 Å². The van der Waals surface area contributed by atoms with E-state index in [0.29, 0.717) is 34.1 Å². The van der Waals surface area contributed by atoms with Crippen molar-refractivity contribution in [1.82, 2.24) is 4.57 Å². The lowest BCUT2D eigenvalue weighted by Gasteiger charge is -2.15. The molecule has 0 aliphatic carbocycles. The number of carbonyl (C=O) groups excluding carboxylic acids is 3. The number of hydrogen-bond donors (Lipinski definition) is 1. The van der Waals surface area contributed by atoms with E-state index in [9.17, 15) is 14.4 Å². The average Bonchev–Trinajstić information content (AvgIpc) is 3.27. The summed E-state index contributed by atoms with van der Waals surface area (Å²) >= 11 is 0. The molecule has 0 radical (unpaired) electrons. The molecule has 1 N–H and O–H groups in total. The van der Waals surface area contributed by atoms with E-state index in [4.69, 9.17) is 18.9 Å². The third-order valence-electron chi connectivity index (χ3n) is 4.67. The Bertz CT molecular complexity index is 980. The minimum absolute atomic E-state index is 0.126. The number of anilines is 1. The van der Waals surface area contributed by atoms with Crippen LogP contribution >= 0.6 is 0 Å². The zero-order valence-corrected chi connectivity index (χ0v) is 17.3. The van der Waals surface area contributed by atoms with Crippen LogP contribution in [0.5, 0.6) is 11.5 Å². The van der Waals surface area contributed by atoms with Gasteiger partial charge in [-0.3, -0.25) is 9.59 Å². The number of esters is 2. The summed E-state index contributed by atoms with van der Waals surface area (Å²) < 4.78 is 22.4. The van der Waals surface area contributed by atoms with Gasteiger partial charge in [-0.25, -0.2) is 4.79 Å². The standard InChI is InChI=1S/C21H24N2O7/c1-5-27-21(26)16-8-12(2)23(13(16)3)10-19(24)30-14(4)20(25)22-15-6-7-17-18(9-15)29-11-28-17/h6-9,14H,5,10-11H2,1-4H3,(H,22,25)/t14-/m0/s1. The topological polar surface area (TPSA) is 105 Å². The second-order valence-corrected chi connectivity index (χ2v) is 6.78. The van der Waals surface area contributed by atoms with E-state index in [2.05, 4.69) is 5.32 Å². The van der Waals surface area contributed by atoms with Crippen LogP contribution in [0.3, 0.4) is 0 Å². The third kappa shape index (κ3) is 4.56. The molecule has 1 atom stereocenters. The molecule has 1 amide bonds. The van der Waals surface area contributed by atoms with E-state index >= 15 is 0 Å². The molecule has 1 aliphatic rings. The molecular formula is C21H24N2O7. The predicted molar refractivity (Wildman–Crippen MR) is 107 cm³/mol. The number of ether oxygens (including phenoxy) is 4. The van der Waals surface area contributed by atoms with Crippen molar-refractivity contribution in [3.05, 3.63) is 41.2 Å². The summed E-state index contributed by atoms with van der Waals surface area (Å²) in [6, 6.07) is 6.66. The number of fused-ring (bicyclic) bond motifs is 1. The van der Waals surface area contributed by atoms with Gasteiger partial charge in [0.2, 0.25) is 6.79 Å². The Labute approximate surface area is 173 Å². The van der Waals surface area contributed by atoms with Gasteiger partial charge in [0.15, 0.2) is 17.6 Å². The van der Waals surface area contributed by atoms with Gasteiger partial charge in [-0.1, -0.05) is 0 Å². The maximum absolute atomic E-state index is 12.4. The number of amides is 1. The Kier molecular flexibility index (Phi) is 6.29. The molecule has 0 unspecified atom stereocenters. The first-order valence-corrected chi connectivity index (χ1v) is 9.54. The zero-order chi connectivity index (χ0) is 21.8. The fraction of sp³-hybridized carbons (Fsp3) is 0.381. The normalized spacial score (nSPS) is 12.9. The molecular weight excluding hydrogens is 392 g/mol. The molecule has 0 spiro atoms. The van der Waals surface area contributed by atoms with Gasteiger partial charge in [-0.15, -0.1) is 0 Å². The zero-order valence-electron chi connectivity index (χ0n) is 17.3. The van der Waals surface area contributed by atoms with Crippen molar-refractivity contribution in [2.24, 2.45) is 0 Å². The van der Waals surface area contributed by atoms with E-state index in [0.717, 1.165) is 0 Å². The molecule has 3 rings (SSSR count). The number of aromatic nitrogens is 1. The second kappa shape index (κ2) is 8.89. The average molecular weight is 416 g/mol. The molecule has 0 saturated carbocycles. The Morgan fingerprint density at radius 1 is 1.17 bits per heavy atom. The smallest absolute Gasteiger partial charge is 0.339 e. The van der Waals surface area contributed by atoms with Gasteiger partial charge in [-0.05, 0) is 45.9 Å². The van der Waals surface area contributed by atoms with Crippen LogP contribution in [0.25, 0.3) is 0 Å². The first-order chi connectivity index (χ1) is 14.3. The quantitative estimate of drug-likeness (QED) is 0.692. The minimum Gasteiger partial charge on any atom is -0.462 e. The van der Waals surface area contributed by atoms with Crippen LogP contribution in [0.1, 0.15) is 35.6 Å². The molecule has 0 fully saturated rings. The Morgan fingerprint density at radius 3 is 2.63 bits per heavy atom. The molecule has 9 nitrogen and oxygen atoms in total. The number of carbonyl (C=O) groups is 3. The Morgan fingerprint density at radius 2 is 1.90 bits per heavy atom. The first-order valence-electron chi connectivity index (χ1n) is 9.54. The highest BCUT2D eigenvalue weighted by molar-refractivity contribution is 5.95. The SMILES string of the molecule is CCOC(=O)c1cc(C)n(CC(=O)O[C@@H](C)C(=O)Nc2ccc3c(c2)OCO3)c1C. The molecule has 0 bridgehead atoms. The lowest BCUT2D eigenvalue weighted by atomic mass is 10.2. The van der Waals surface area contributed by atoms with Gasteiger partial charge in [-0.2, -0.15) is 0 Å². The summed E-state index contributed by atoms with van der Waals surface area (Å²) in [5.74, 6) is -0.377. The molecule has 2 heterocycles. The van der Waals surface area contributed by atoms with E-state index in [1.807, 2.05) is 0 Å². The van der Waals surface area contributed by atoms with Crippen molar-refractivity contribution in [2.75, 3.05) is 18.7 Å². The summed E-state index contributed by atoms with van der Waals surface area (Å²) in [7, 11) is 0. The van der Waals surface area contributed by atoms with Crippen LogP contribution in [0, 0.1) is 13.8 Å². The van der Waals surface area contributed by atoms with E-state index in [1.165, 1.54) is 6.92 Å². The van der Waals surface area contributed by atoms with E-state index < -0.39 is 23.9 Å². The van der Waals surface area contributed by atoms with Gasteiger partial charge >= 0.3 is 11.9 Å². The molecule has 30 heavy (non-hydrogen) atoms. The van der Waals surface area contributed by atoms with Crippen molar-refractivity contribution < 1.29 is 33.3 Å². The number of nitrogens with zero attached hydrogens (tertiary/aromatic N) is 1. The number of hydrogen-bond acceptors (Lipinski definition) is 7. The fourth-order valence-corrected chi connectivity index (χ4v) is 3.10. The number of aryl methyl sites for hydroxylation is 1. The number of nitrogens with one attached hydrogen (secondary N) is 1. The van der Waals surface area contributed by atoms with Gasteiger partial charge in [0, 0.05) is 23.1 Å². The van der Waals surface area contributed by atoms with Crippen LogP contribution in [0.4, 0.5) is 5.69 Å². The maximum atomic E-state index is 12.4. The Hall–Kier alpha value is -3.49. The molecule has 1 aromatic heterocycles. The van der Waals surface area contributed by atoms with Gasteiger partial charge in [0.05, 0.1) is 12.2 Å². The van der Waals surface area contributed by atoms with Gasteiger partial charge in [0.1, 0.15) is 6.54 Å². The maximum Gasteiger partial charge on any atom is 0.339 e. The van der Waals surface area contributed by atoms with Crippen LogP contribution in [-0.2, 0) is 25.6 Å². The second-order valence-electron chi connectivity index (χ2n) is 6.78. The Balaban J connectivity index is 1.59. The summed E-state index contributed by atoms with van der Waals surface area (Å²) in [4.78, 5) is 36.7. The van der Waals surface area contributed by atoms with Crippen LogP contribution in [0.2, 0.25) is 0 Å². The first kappa shape index (κ1) is 21.2. The summed E-state index contributed by atoms with van der Waals surface area (Å²) in [6.45, 7) is 6.99. The predicted octanol–water partition coefficient (Wildman–Crippen LogP) is 2.58. The highest BCUT2D eigenvalue weighted by atomic mass is 16.7. The monoisotopic (exact) mass is 416 g/mol. The van der Waals surface area contributed by atoms with Crippen molar-refractivity contribution in [1.29, 1.82) is 0 Å².